The molecule has 5 nitrogen and oxygen atoms in total. The Bertz CT molecular complexity index is 468. The molecule has 1 aliphatic rings. The van der Waals surface area contributed by atoms with Crippen molar-refractivity contribution in [2.75, 3.05) is 0 Å². The predicted octanol–water partition coefficient (Wildman–Crippen LogP) is 1.61. The zero-order chi connectivity index (χ0) is 15.1. The number of nitrogens with one attached hydrogen (secondary N) is 1. The number of hydrogen-bond donors (Lipinski definition) is 1. The maximum Gasteiger partial charge on any atom is 0.408 e. The van der Waals surface area contributed by atoms with Gasteiger partial charge in [-0.25, -0.2) is 4.79 Å². The highest BCUT2D eigenvalue weighted by Gasteiger charge is 2.26. The number of hydrogen-bond acceptors (Lipinski definition) is 4. The van der Waals surface area contributed by atoms with Gasteiger partial charge in [0, 0.05) is 0 Å². The monoisotopic (exact) mass is 290 g/mol. The zero-order valence-electron chi connectivity index (χ0n) is 11.9. The van der Waals surface area contributed by atoms with Gasteiger partial charge in [-0.05, 0) is 24.3 Å². The lowest BCUT2D eigenvalue weighted by molar-refractivity contribution is -0.309. The van der Waals surface area contributed by atoms with Crippen LogP contribution < -0.4 is 10.4 Å². The second-order valence-corrected chi connectivity index (χ2v) is 5.40. The van der Waals surface area contributed by atoms with Gasteiger partial charge in [-0.3, -0.25) is 0 Å². The SMILES string of the molecule is O=C(NC(C(=O)[O-])C1CCCCC1)OCc1ccccc1. The van der Waals surface area contributed by atoms with Crippen LogP contribution in [0, 0.1) is 5.92 Å². The molecular weight excluding hydrogens is 270 g/mol. The van der Waals surface area contributed by atoms with Gasteiger partial charge in [0.2, 0.25) is 0 Å². The van der Waals surface area contributed by atoms with Crippen molar-refractivity contribution in [3.8, 4) is 0 Å². The predicted molar refractivity (Wildman–Crippen MR) is 75.1 cm³/mol. The van der Waals surface area contributed by atoms with Gasteiger partial charge < -0.3 is 20.0 Å². The number of benzene rings is 1. The van der Waals surface area contributed by atoms with E-state index in [1.54, 1.807) is 0 Å². The van der Waals surface area contributed by atoms with Crippen LogP contribution in [0.2, 0.25) is 0 Å². The van der Waals surface area contributed by atoms with Crippen LogP contribution in [-0.2, 0) is 16.1 Å². The van der Waals surface area contributed by atoms with Gasteiger partial charge in [0.15, 0.2) is 0 Å². The lowest BCUT2D eigenvalue weighted by Crippen LogP contribution is -2.52. The topological polar surface area (TPSA) is 78.5 Å². The van der Waals surface area contributed by atoms with E-state index in [1.165, 1.54) is 0 Å². The number of amides is 1. The maximum atomic E-state index is 11.7. The van der Waals surface area contributed by atoms with Crippen molar-refractivity contribution in [2.24, 2.45) is 5.92 Å². The Kier molecular flexibility index (Phi) is 5.60. The first-order valence-electron chi connectivity index (χ1n) is 7.35. The molecule has 0 bridgehead atoms. The zero-order valence-corrected chi connectivity index (χ0v) is 11.9. The fourth-order valence-electron chi connectivity index (χ4n) is 2.73. The van der Waals surface area contributed by atoms with E-state index in [4.69, 9.17) is 4.74 Å². The third-order valence-corrected chi connectivity index (χ3v) is 3.86. The normalized spacial score (nSPS) is 17.0. The number of carboxylic acid groups (broad SMARTS) is 1. The van der Waals surface area contributed by atoms with Crippen molar-refractivity contribution in [2.45, 2.75) is 44.8 Å². The first-order valence-corrected chi connectivity index (χ1v) is 7.35. The van der Waals surface area contributed by atoms with Crippen LogP contribution in [0.5, 0.6) is 0 Å². The molecule has 1 unspecified atom stereocenters. The van der Waals surface area contributed by atoms with E-state index in [0.717, 1.165) is 37.7 Å². The molecule has 1 aromatic rings. The molecule has 114 valence electrons. The number of aliphatic carboxylic acids is 1. The summed E-state index contributed by atoms with van der Waals surface area (Å²) in [7, 11) is 0. The van der Waals surface area contributed by atoms with Crippen LogP contribution >= 0.6 is 0 Å². The van der Waals surface area contributed by atoms with Gasteiger partial charge in [0.1, 0.15) is 6.61 Å². The summed E-state index contributed by atoms with van der Waals surface area (Å²) in [4.78, 5) is 23.0. The van der Waals surface area contributed by atoms with Crippen molar-refractivity contribution in [3.63, 3.8) is 0 Å². The van der Waals surface area contributed by atoms with Gasteiger partial charge in [0.25, 0.3) is 0 Å². The van der Waals surface area contributed by atoms with E-state index in [0.29, 0.717) is 0 Å². The molecule has 2 rings (SSSR count). The third kappa shape index (κ3) is 4.77. The summed E-state index contributed by atoms with van der Waals surface area (Å²) in [5, 5.41) is 13.7. The first-order chi connectivity index (χ1) is 10.2. The summed E-state index contributed by atoms with van der Waals surface area (Å²) >= 11 is 0. The maximum absolute atomic E-state index is 11.7. The van der Waals surface area contributed by atoms with Crippen LogP contribution in [0.25, 0.3) is 0 Å². The van der Waals surface area contributed by atoms with Crippen molar-refractivity contribution in [1.29, 1.82) is 0 Å². The number of rotatable bonds is 5. The van der Waals surface area contributed by atoms with Crippen LogP contribution in [0.4, 0.5) is 4.79 Å². The minimum atomic E-state index is -1.24. The molecule has 0 saturated heterocycles. The molecule has 1 atom stereocenters. The second kappa shape index (κ2) is 7.67. The van der Waals surface area contributed by atoms with Crippen LogP contribution in [0.1, 0.15) is 37.7 Å². The number of carboxylic acids is 1. The van der Waals surface area contributed by atoms with Crippen LogP contribution in [0.3, 0.4) is 0 Å². The number of carbonyl (C=O) groups excluding carboxylic acids is 2. The Hall–Kier alpha value is -2.04. The smallest absolute Gasteiger partial charge is 0.408 e. The summed E-state index contributed by atoms with van der Waals surface area (Å²) in [6.07, 6.45) is 4.01. The number of ether oxygens (including phenoxy) is 1. The minimum Gasteiger partial charge on any atom is -0.548 e. The van der Waals surface area contributed by atoms with Gasteiger partial charge in [-0.1, -0.05) is 49.6 Å². The fourth-order valence-corrected chi connectivity index (χ4v) is 2.73. The second-order valence-electron chi connectivity index (χ2n) is 5.40. The summed E-state index contributed by atoms with van der Waals surface area (Å²) < 4.78 is 5.06. The van der Waals surface area contributed by atoms with Crippen LogP contribution in [0.15, 0.2) is 30.3 Å². The fraction of sp³-hybridized carbons (Fsp3) is 0.500. The number of alkyl carbamates (subject to hydrolysis) is 1. The van der Waals surface area contributed by atoms with Crippen molar-refractivity contribution >= 4 is 12.1 Å². The highest BCUT2D eigenvalue weighted by atomic mass is 16.5. The Morgan fingerprint density at radius 1 is 1.19 bits per heavy atom. The molecule has 0 radical (unpaired) electrons. The molecule has 0 heterocycles. The van der Waals surface area contributed by atoms with Gasteiger partial charge >= 0.3 is 6.09 Å². The summed E-state index contributed by atoms with van der Waals surface area (Å²) in [6, 6.07) is 8.28. The van der Waals surface area contributed by atoms with Gasteiger partial charge in [-0.15, -0.1) is 0 Å². The Balaban J connectivity index is 1.84. The average molecular weight is 290 g/mol. The van der Waals surface area contributed by atoms with Crippen molar-refractivity contribution in [1.82, 2.24) is 5.32 Å². The van der Waals surface area contributed by atoms with E-state index in [2.05, 4.69) is 5.32 Å². The largest absolute Gasteiger partial charge is 0.548 e. The highest BCUT2D eigenvalue weighted by Crippen LogP contribution is 2.26. The lowest BCUT2D eigenvalue weighted by Gasteiger charge is -2.31. The third-order valence-electron chi connectivity index (χ3n) is 3.86. The lowest BCUT2D eigenvalue weighted by atomic mass is 9.84. The quantitative estimate of drug-likeness (QED) is 0.893. The molecule has 1 aromatic carbocycles. The van der Waals surface area contributed by atoms with E-state index in [1.807, 2.05) is 30.3 Å². The number of carbonyl (C=O) groups is 2. The van der Waals surface area contributed by atoms with Gasteiger partial charge in [-0.2, -0.15) is 0 Å². The molecule has 1 fully saturated rings. The molecule has 0 aliphatic heterocycles. The molecule has 1 amide bonds. The Labute approximate surface area is 124 Å². The minimum absolute atomic E-state index is 0.0620. The molecule has 1 N–H and O–H groups in total. The van der Waals surface area contributed by atoms with E-state index in [-0.39, 0.29) is 12.5 Å². The Morgan fingerprint density at radius 2 is 1.86 bits per heavy atom. The molecule has 21 heavy (non-hydrogen) atoms. The summed E-state index contributed by atoms with van der Waals surface area (Å²) in [6.45, 7) is 0.122. The molecule has 5 heteroatoms. The van der Waals surface area contributed by atoms with Crippen molar-refractivity contribution in [3.05, 3.63) is 35.9 Å². The molecule has 1 saturated carbocycles. The standard InChI is InChI=1S/C16H21NO4/c18-15(19)14(13-9-5-2-6-10-13)17-16(20)21-11-12-7-3-1-4-8-12/h1,3-4,7-8,13-14H,2,5-6,9-11H2,(H,17,20)(H,18,19)/p-1. The average Bonchev–Trinajstić information content (AvgIpc) is 2.52. The molecule has 1 aliphatic carbocycles. The Morgan fingerprint density at radius 3 is 2.48 bits per heavy atom. The van der Waals surface area contributed by atoms with E-state index < -0.39 is 18.1 Å². The summed E-state index contributed by atoms with van der Waals surface area (Å²) in [5.41, 5.74) is 0.857. The molecular formula is C16H20NO4-. The first kappa shape index (κ1) is 15.4. The van der Waals surface area contributed by atoms with Gasteiger partial charge in [0.05, 0.1) is 12.0 Å². The highest BCUT2D eigenvalue weighted by molar-refractivity contribution is 5.78. The van der Waals surface area contributed by atoms with Crippen LogP contribution in [-0.4, -0.2) is 18.1 Å². The molecule has 0 aromatic heterocycles. The van der Waals surface area contributed by atoms with E-state index >= 15 is 0 Å². The molecule has 0 spiro atoms. The van der Waals surface area contributed by atoms with Crippen molar-refractivity contribution < 1.29 is 19.4 Å². The van der Waals surface area contributed by atoms with E-state index in [9.17, 15) is 14.7 Å². The summed E-state index contributed by atoms with van der Waals surface area (Å²) in [5.74, 6) is -1.30.